The van der Waals surface area contributed by atoms with E-state index >= 15 is 0 Å². The average molecular weight is 388 g/mol. The summed E-state index contributed by atoms with van der Waals surface area (Å²) in [6.07, 6.45) is 5.51. The summed E-state index contributed by atoms with van der Waals surface area (Å²) in [5.41, 5.74) is 4.05. The van der Waals surface area contributed by atoms with Crippen molar-refractivity contribution < 1.29 is 4.79 Å². The Hall–Kier alpha value is -3.25. The van der Waals surface area contributed by atoms with E-state index in [1.165, 1.54) is 16.9 Å². The Morgan fingerprint density at radius 3 is 2.54 bits per heavy atom. The molecule has 0 unspecified atom stereocenters. The number of imidazole rings is 1. The maximum Gasteiger partial charge on any atom is 0.263 e. The second-order valence-corrected chi connectivity index (χ2v) is 7.53. The molecule has 5 nitrogen and oxygen atoms in total. The molecular formula is C22H20N4OS. The summed E-state index contributed by atoms with van der Waals surface area (Å²) in [6.45, 7) is 3.15. The molecule has 0 spiro atoms. The number of amides is 1. The van der Waals surface area contributed by atoms with Gasteiger partial charge in [0.25, 0.3) is 5.91 Å². The van der Waals surface area contributed by atoms with Gasteiger partial charge in [-0.05, 0) is 18.1 Å². The van der Waals surface area contributed by atoms with E-state index in [9.17, 15) is 4.79 Å². The lowest BCUT2D eigenvalue weighted by Crippen LogP contribution is -2.22. The van der Waals surface area contributed by atoms with Crippen LogP contribution in [0.3, 0.4) is 0 Å². The van der Waals surface area contributed by atoms with Gasteiger partial charge in [-0.2, -0.15) is 0 Å². The van der Waals surface area contributed by atoms with Gasteiger partial charge in [0.1, 0.15) is 9.88 Å². The monoisotopic (exact) mass is 388 g/mol. The van der Waals surface area contributed by atoms with Crippen molar-refractivity contribution in [3.05, 3.63) is 95.0 Å². The molecule has 0 aliphatic heterocycles. The molecule has 2 heterocycles. The van der Waals surface area contributed by atoms with E-state index in [1.54, 1.807) is 12.5 Å². The Balaban J connectivity index is 1.38. The molecular weight excluding hydrogens is 368 g/mol. The molecule has 1 N–H and O–H groups in total. The second kappa shape index (κ2) is 8.19. The molecule has 0 aliphatic rings. The zero-order chi connectivity index (χ0) is 19.3. The van der Waals surface area contributed by atoms with Crippen LogP contribution in [0.2, 0.25) is 0 Å². The Kier molecular flexibility index (Phi) is 5.30. The van der Waals surface area contributed by atoms with E-state index in [2.05, 4.69) is 27.4 Å². The number of aryl methyl sites for hydroxylation is 1. The van der Waals surface area contributed by atoms with Crippen molar-refractivity contribution in [2.45, 2.75) is 20.0 Å². The van der Waals surface area contributed by atoms with Gasteiger partial charge in [-0.25, -0.2) is 9.97 Å². The number of rotatable bonds is 6. The molecule has 0 atom stereocenters. The molecule has 4 aromatic rings. The lowest BCUT2D eigenvalue weighted by atomic mass is 10.1. The summed E-state index contributed by atoms with van der Waals surface area (Å²) in [5.74, 6) is -0.0836. The van der Waals surface area contributed by atoms with Crippen molar-refractivity contribution in [2.75, 3.05) is 0 Å². The SMILES string of the molecule is Cc1nc(-c2ccccc2)sc1C(=O)NCc1ccc(Cn2ccnc2)cc1. The number of hydrogen-bond donors (Lipinski definition) is 1. The number of aromatic nitrogens is 3. The fraction of sp³-hybridized carbons (Fsp3) is 0.136. The molecule has 2 aromatic carbocycles. The third-order valence-electron chi connectivity index (χ3n) is 4.42. The standard InChI is InChI=1S/C22H20N4OS/c1-16-20(28-22(25-16)19-5-3-2-4-6-19)21(27)24-13-17-7-9-18(10-8-17)14-26-12-11-23-15-26/h2-12,15H,13-14H2,1H3,(H,24,27). The number of carbonyl (C=O) groups excluding carboxylic acids is 1. The topological polar surface area (TPSA) is 59.8 Å². The van der Waals surface area contributed by atoms with Crippen LogP contribution in [0.25, 0.3) is 10.6 Å². The maximum absolute atomic E-state index is 12.6. The molecule has 0 saturated carbocycles. The first-order valence-electron chi connectivity index (χ1n) is 9.03. The number of nitrogens with one attached hydrogen (secondary N) is 1. The third kappa shape index (κ3) is 4.18. The lowest BCUT2D eigenvalue weighted by molar-refractivity contribution is 0.0954. The molecule has 0 fully saturated rings. The predicted octanol–water partition coefficient (Wildman–Crippen LogP) is 4.29. The predicted molar refractivity (Wildman–Crippen MR) is 111 cm³/mol. The summed E-state index contributed by atoms with van der Waals surface area (Å²) in [6, 6.07) is 18.2. The van der Waals surface area contributed by atoms with Gasteiger partial charge in [-0.15, -0.1) is 11.3 Å². The minimum absolute atomic E-state index is 0.0836. The van der Waals surface area contributed by atoms with Crippen LogP contribution in [0.5, 0.6) is 0 Å². The van der Waals surface area contributed by atoms with Crippen LogP contribution in [0.15, 0.2) is 73.3 Å². The number of benzene rings is 2. The van der Waals surface area contributed by atoms with Gasteiger partial charge in [0.05, 0.1) is 12.0 Å². The highest BCUT2D eigenvalue weighted by Crippen LogP contribution is 2.27. The van der Waals surface area contributed by atoms with E-state index < -0.39 is 0 Å². The minimum atomic E-state index is -0.0836. The third-order valence-corrected chi connectivity index (χ3v) is 5.63. The largest absolute Gasteiger partial charge is 0.347 e. The molecule has 0 bridgehead atoms. The summed E-state index contributed by atoms with van der Waals surface area (Å²) < 4.78 is 2.02. The van der Waals surface area contributed by atoms with Crippen LogP contribution in [-0.4, -0.2) is 20.4 Å². The molecule has 2 aromatic heterocycles. The summed E-state index contributed by atoms with van der Waals surface area (Å²) in [4.78, 5) is 21.9. The van der Waals surface area contributed by atoms with Gasteiger partial charge >= 0.3 is 0 Å². The van der Waals surface area contributed by atoms with Crippen molar-refractivity contribution in [3.8, 4) is 10.6 Å². The molecule has 0 aliphatic carbocycles. The lowest BCUT2D eigenvalue weighted by Gasteiger charge is -2.07. The summed E-state index contributed by atoms with van der Waals surface area (Å²) >= 11 is 1.43. The van der Waals surface area contributed by atoms with Crippen LogP contribution in [0.4, 0.5) is 0 Å². The first-order chi connectivity index (χ1) is 13.7. The zero-order valence-electron chi connectivity index (χ0n) is 15.5. The first kappa shape index (κ1) is 18.1. The van der Waals surface area contributed by atoms with Gasteiger partial charge in [0.2, 0.25) is 0 Å². The number of hydrogen-bond acceptors (Lipinski definition) is 4. The first-order valence-corrected chi connectivity index (χ1v) is 9.85. The molecule has 28 heavy (non-hydrogen) atoms. The normalized spacial score (nSPS) is 10.8. The van der Waals surface area contributed by atoms with E-state index in [0.29, 0.717) is 11.4 Å². The number of carbonyl (C=O) groups is 1. The Morgan fingerprint density at radius 2 is 1.82 bits per heavy atom. The van der Waals surface area contributed by atoms with Gasteiger partial charge in [0, 0.05) is 31.0 Å². The molecule has 140 valence electrons. The van der Waals surface area contributed by atoms with Crippen molar-refractivity contribution in [2.24, 2.45) is 0 Å². The smallest absolute Gasteiger partial charge is 0.263 e. The summed E-state index contributed by atoms with van der Waals surface area (Å²) in [5, 5.41) is 3.87. The highest BCUT2D eigenvalue weighted by Gasteiger charge is 2.15. The Labute approximate surface area is 167 Å². The minimum Gasteiger partial charge on any atom is -0.347 e. The van der Waals surface area contributed by atoms with Crippen molar-refractivity contribution >= 4 is 17.2 Å². The second-order valence-electron chi connectivity index (χ2n) is 6.53. The molecule has 4 rings (SSSR count). The summed E-state index contributed by atoms with van der Waals surface area (Å²) in [7, 11) is 0. The molecule has 1 amide bonds. The highest BCUT2D eigenvalue weighted by atomic mass is 32.1. The van der Waals surface area contributed by atoms with E-state index in [0.717, 1.165) is 28.4 Å². The van der Waals surface area contributed by atoms with Gasteiger partial charge < -0.3 is 9.88 Å². The van der Waals surface area contributed by atoms with Crippen molar-refractivity contribution in [1.82, 2.24) is 19.9 Å². The van der Waals surface area contributed by atoms with Gasteiger partial charge in [-0.3, -0.25) is 4.79 Å². The molecule has 0 radical (unpaired) electrons. The highest BCUT2D eigenvalue weighted by molar-refractivity contribution is 7.17. The maximum atomic E-state index is 12.6. The van der Waals surface area contributed by atoms with E-state index in [1.807, 2.05) is 60.2 Å². The van der Waals surface area contributed by atoms with Crippen LogP contribution in [-0.2, 0) is 13.1 Å². The van der Waals surface area contributed by atoms with Crippen molar-refractivity contribution in [1.29, 1.82) is 0 Å². The fourth-order valence-electron chi connectivity index (χ4n) is 2.93. The number of thiazole rings is 1. The molecule has 6 heteroatoms. The van der Waals surface area contributed by atoms with Crippen LogP contribution < -0.4 is 5.32 Å². The van der Waals surface area contributed by atoms with Crippen molar-refractivity contribution in [3.63, 3.8) is 0 Å². The van der Waals surface area contributed by atoms with Gasteiger partial charge in [0.15, 0.2) is 0 Å². The quantitative estimate of drug-likeness (QED) is 0.536. The van der Waals surface area contributed by atoms with Crippen LogP contribution in [0.1, 0.15) is 26.5 Å². The van der Waals surface area contributed by atoms with Crippen LogP contribution in [0, 0.1) is 6.92 Å². The Morgan fingerprint density at radius 1 is 1.07 bits per heavy atom. The zero-order valence-corrected chi connectivity index (χ0v) is 16.3. The van der Waals surface area contributed by atoms with Crippen LogP contribution >= 0.6 is 11.3 Å². The van der Waals surface area contributed by atoms with Gasteiger partial charge in [-0.1, -0.05) is 54.6 Å². The van der Waals surface area contributed by atoms with E-state index in [4.69, 9.17) is 0 Å². The number of nitrogens with zero attached hydrogens (tertiary/aromatic N) is 3. The molecule has 0 saturated heterocycles. The average Bonchev–Trinajstić information content (AvgIpc) is 3.37. The van der Waals surface area contributed by atoms with E-state index in [-0.39, 0.29) is 5.91 Å². The Bertz CT molecular complexity index is 1050. The fourth-order valence-corrected chi connectivity index (χ4v) is 3.92.